The zero-order chi connectivity index (χ0) is 58.5. The number of carbonyl (C=O) groups is 3. The molecule has 6 heteroatoms. The second kappa shape index (κ2) is 68.3. The number of hydrogen-bond donors (Lipinski definition) is 0. The number of allylic oxidation sites excluding steroid dienone is 20. The van der Waals surface area contributed by atoms with Gasteiger partial charge >= 0.3 is 17.9 Å². The zero-order valence-electron chi connectivity index (χ0n) is 53.0. The average Bonchev–Trinajstić information content (AvgIpc) is 3.47. The molecule has 0 fully saturated rings. The molecule has 0 spiro atoms. The highest BCUT2D eigenvalue weighted by Crippen LogP contribution is 2.16. The molecule has 0 aromatic carbocycles. The van der Waals surface area contributed by atoms with Crippen LogP contribution in [0.25, 0.3) is 0 Å². The Labute approximate surface area is 501 Å². The second-order valence-electron chi connectivity index (χ2n) is 22.3. The van der Waals surface area contributed by atoms with E-state index in [1.165, 1.54) is 161 Å². The monoisotopic (exact) mass is 1120 g/mol. The van der Waals surface area contributed by atoms with Crippen molar-refractivity contribution in [2.75, 3.05) is 13.2 Å². The molecule has 0 heterocycles. The van der Waals surface area contributed by atoms with Gasteiger partial charge in [0.1, 0.15) is 13.2 Å². The molecule has 81 heavy (non-hydrogen) atoms. The summed E-state index contributed by atoms with van der Waals surface area (Å²) in [5.41, 5.74) is 0. The third-order valence-corrected chi connectivity index (χ3v) is 14.4. The normalized spacial score (nSPS) is 12.9. The molecule has 0 radical (unpaired) electrons. The van der Waals surface area contributed by atoms with Crippen LogP contribution in [-0.2, 0) is 28.6 Å². The van der Waals surface area contributed by atoms with E-state index in [0.29, 0.717) is 25.7 Å². The summed E-state index contributed by atoms with van der Waals surface area (Å²) >= 11 is 0. The summed E-state index contributed by atoms with van der Waals surface area (Å²) in [7, 11) is 0. The fourth-order valence-electron chi connectivity index (χ4n) is 9.33. The molecule has 0 N–H and O–H groups in total. The Balaban J connectivity index is 4.45. The minimum atomic E-state index is -0.805. The third kappa shape index (κ3) is 66.5. The fraction of sp³-hybridized carbons (Fsp3) is 0.693. The topological polar surface area (TPSA) is 78.9 Å². The Bertz CT molecular complexity index is 1670. The van der Waals surface area contributed by atoms with Crippen molar-refractivity contribution >= 4 is 17.9 Å². The predicted molar refractivity (Wildman–Crippen MR) is 353 cm³/mol. The van der Waals surface area contributed by atoms with Crippen LogP contribution in [0.5, 0.6) is 0 Å². The Morgan fingerprint density at radius 1 is 0.259 bits per heavy atom. The number of carbonyl (C=O) groups excluding carboxylic acids is 3. The molecule has 1 unspecified atom stereocenters. The number of ether oxygens (including phenoxy) is 3. The molecule has 0 rings (SSSR count). The van der Waals surface area contributed by atoms with Crippen LogP contribution in [0.4, 0.5) is 0 Å². The smallest absolute Gasteiger partial charge is 0.306 e. The van der Waals surface area contributed by atoms with Gasteiger partial charge in [0.05, 0.1) is 0 Å². The maximum Gasteiger partial charge on any atom is 0.306 e. The standard InChI is InChI=1S/C75H126O6/c1-4-7-10-13-16-19-22-25-28-30-32-34-35-36-37-38-39-41-42-44-47-50-53-56-59-62-65-68-74(77)80-71-72(70-79-73(76)67-64-61-58-55-52-49-46-27-24-21-18-15-12-9-6-3)81-75(78)69-66-63-60-57-54-51-48-45-43-40-33-31-29-26-23-20-17-14-11-8-5-2/h7,10,16,19,25,27-28,31-34,36-37,39,41,44,46-47,53,56,72H,4-6,8-9,11-15,17-18,20-24,26,29-30,35,38,40,42-43,45,48-52,54-55,57-71H2,1-3H3/b10-7-,19-16-,28-25-,33-31-,34-32-,37-36-,41-39-,46-27-,47-44-,56-53-. The van der Waals surface area contributed by atoms with E-state index >= 15 is 0 Å². The van der Waals surface area contributed by atoms with Crippen molar-refractivity contribution in [1.82, 2.24) is 0 Å². The predicted octanol–water partition coefficient (Wildman–Crippen LogP) is 23.6. The SMILES string of the molecule is CC/C=C\C/C=C\C/C=C\C/C=C\C/C=C\C/C=C\C/C=C\C/C=C\CCCCC(=O)OCC(COC(=O)CCCCCCC/C=C\CCCCCCCC)OC(=O)CCCCCCCCCCC/C=C\CCCCCCCCCC. The first-order valence-corrected chi connectivity index (χ1v) is 34.0. The van der Waals surface area contributed by atoms with Gasteiger partial charge in [0, 0.05) is 19.3 Å². The van der Waals surface area contributed by atoms with E-state index in [1.807, 2.05) is 0 Å². The summed E-state index contributed by atoms with van der Waals surface area (Å²) in [4.78, 5) is 38.4. The van der Waals surface area contributed by atoms with E-state index in [9.17, 15) is 14.4 Å². The number of esters is 3. The van der Waals surface area contributed by atoms with Crippen LogP contribution in [0, 0.1) is 0 Å². The van der Waals surface area contributed by atoms with Crippen LogP contribution < -0.4 is 0 Å². The van der Waals surface area contributed by atoms with Crippen molar-refractivity contribution in [3.8, 4) is 0 Å². The largest absolute Gasteiger partial charge is 0.462 e. The second-order valence-corrected chi connectivity index (χ2v) is 22.3. The van der Waals surface area contributed by atoms with Gasteiger partial charge in [-0.3, -0.25) is 14.4 Å². The van der Waals surface area contributed by atoms with Crippen LogP contribution in [-0.4, -0.2) is 37.2 Å². The first kappa shape index (κ1) is 76.8. The summed E-state index contributed by atoms with van der Waals surface area (Å²) in [6, 6.07) is 0. The van der Waals surface area contributed by atoms with Crippen LogP contribution >= 0.6 is 0 Å². The molecule has 0 amide bonds. The maximum atomic E-state index is 12.9. The molecular formula is C75H126O6. The molecule has 0 aromatic heterocycles. The van der Waals surface area contributed by atoms with E-state index in [1.54, 1.807) is 0 Å². The lowest BCUT2D eigenvalue weighted by Gasteiger charge is -2.18. The quantitative estimate of drug-likeness (QED) is 0.0261. The summed E-state index contributed by atoms with van der Waals surface area (Å²) in [6.45, 7) is 6.50. The van der Waals surface area contributed by atoms with Crippen molar-refractivity contribution in [3.63, 3.8) is 0 Å². The highest BCUT2D eigenvalue weighted by atomic mass is 16.6. The van der Waals surface area contributed by atoms with Crippen molar-refractivity contribution in [2.24, 2.45) is 0 Å². The van der Waals surface area contributed by atoms with E-state index in [0.717, 1.165) is 109 Å². The van der Waals surface area contributed by atoms with E-state index in [2.05, 4.69) is 142 Å². The van der Waals surface area contributed by atoms with Gasteiger partial charge in [-0.1, -0.05) is 284 Å². The highest BCUT2D eigenvalue weighted by Gasteiger charge is 2.19. The number of rotatable bonds is 61. The van der Waals surface area contributed by atoms with Gasteiger partial charge in [-0.2, -0.15) is 0 Å². The van der Waals surface area contributed by atoms with Crippen LogP contribution in [0.15, 0.2) is 122 Å². The number of unbranched alkanes of at least 4 members (excludes halogenated alkanes) is 30. The molecule has 0 aliphatic carbocycles. The first-order valence-electron chi connectivity index (χ1n) is 34.0. The molecule has 0 bridgehead atoms. The summed E-state index contributed by atoms with van der Waals surface area (Å²) < 4.78 is 16.9. The Hall–Kier alpha value is -4.19. The maximum absolute atomic E-state index is 12.9. The number of hydrogen-bond acceptors (Lipinski definition) is 6. The summed E-state index contributed by atoms with van der Waals surface area (Å²) in [6.07, 6.45) is 95.0. The first-order chi connectivity index (χ1) is 40.0. The molecule has 0 aromatic rings. The Morgan fingerprint density at radius 3 is 0.790 bits per heavy atom. The van der Waals surface area contributed by atoms with E-state index in [4.69, 9.17) is 14.2 Å². The molecule has 462 valence electrons. The van der Waals surface area contributed by atoms with Gasteiger partial charge in [0.25, 0.3) is 0 Å². The van der Waals surface area contributed by atoms with Gasteiger partial charge in [0.15, 0.2) is 6.10 Å². The molecular weight excluding hydrogens is 997 g/mol. The van der Waals surface area contributed by atoms with Crippen LogP contribution in [0.3, 0.4) is 0 Å². The molecule has 0 aliphatic heterocycles. The molecule has 6 nitrogen and oxygen atoms in total. The highest BCUT2D eigenvalue weighted by molar-refractivity contribution is 5.71. The van der Waals surface area contributed by atoms with Gasteiger partial charge in [-0.05, 0) is 135 Å². The van der Waals surface area contributed by atoms with E-state index in [-0.39, 0.29) is 31.1 Å². The zero-order valence-corrected chi connectivity index (χ0v) is 53.0. The van der Waals surface area contributed by atoms with Crippen LogP contribution in [0.2, 0.25) is 0 Å². The Kier molecular flexibility index (Phi) is 64.8. The van der Waals surface area contributed by atoms with Crippen molar-refractivity contribution in [1.29, 1.82) is 0 Å². The summed E-state index contributed by atoms with van der Waals surface area (Å²) in [5, 5.41) is 0. The average molecular weight is 1120 g/mol. The molecule has 0 saturated carbocycles. The lowest BCUT2D eigenvalue weighted by Crippen LogP contribution is -2.30. The molecule has 0 aliphatic rings. The van der Waals surface area contributed by atoms with Crippen molar-refractivity contribution < 1.29 is 28.6 Å². The minimum absolute atomic E-state index is 0.0981. The third-order valence-electron chi connectivity index (χ3n) is 14.4. The summed E-state index contributed by atoms with van der Waals surface area (Å²) in [5.74, 6) is -0.945. The van der Waals surface area contributed by atoms with Crippen molar-refractivity contribution in [2.45, 2.75) is 322 Å². The van der Waals surface area contributed by atoms with Crippen LogP contribution in [0.1, 0.15) is 316 Å². The fourth-order valence-corrected chi connectivity index (χ4v) is 9.33. The van der Waals surface area contributed by atoms with Gasteiger partial charge in [0.2, 0.25) is 0 Å². The minimum Gasteiger partial charge on any atom is -0.462 e. The Morgan fingerprint density at radius 2 is 0.481 bits per heavy atom. The van der Waals surface area contributed by atoms with E-state index < -0.39 is 6.10 Å². The lowest BCUT2D eigenvalue weighted by atomic mass is 10.1. The lowest BCUT2D eigenvalue weighted by molar-refractivity contribution is -0.167. The molecule has 0 saturated heterocycles. The van der Waals surface area contributed by atoms with Crippen molar-refractivity contribution in [3.05, 3.63) is 122 Å². The van der Waals surface area contributed by atoms with Gasteiger partial charge < -0.3 is 14.2 Å². The van der Waals surface area contributed by atoms with Gasteiger partial charge in [-0.15, -0.1) is 0 Å². The van der Waals surface area contributed by atoms with Gasteiger partial charge in [-0.25, -0.2) is 0 Å². The molecule has 1 atom stereocenters.